The van der Waals surface area contributed by atoms with Crippen molar-refractivity contribution in [1.82, 2.24) is 14.8 Å². The molecule has 2 heterocycles. The SMILES string of the molecule is NCc1cccc(N)c1NC(=O)c1cc(C(F)(F)F)nn1-c1ncccc1Cl. The summed E-state index contributed by atoms with van der Waals surface area (Å²) in [5.74, 6) is -0.998. The summed E-state index contributed by atoms with van der Waals surface area (Å²) in [5.41, 5.74) is 10.8. The van der Waals surface area contributed by atoms with E-state index in [2.05, 4.69) is 15.4 Å². The average Bonchev–Trinajstić information content (AvgIpc) is 3.09. The normalized spacial score (nSPS) is 11.5. The van der Waals surface area contributed by atoms with Gasteiger partial charge in [-0.2, -0.15) is 18.3 Å². The van der Waals surface area contributed by atoms with Gasteiger partial charge in [-0.1, -0.05) is 23.7 Å². The number of carbonyl (C=O) groups is 1. The predicted octanol–water partition coefficient (Wildman–Crippen LogP) is 3.23. The number of hydrogen-bond donors (Lipinski definition) is 3. The largest absolute Gasteiger partial charge is 0.435 e. The second kappa shape index (κ2) is 7.49. The predicted molar refractivity (Wildman–Crippen MR) is 98.1 cm³/mol. The van der Waals surface area contributed by atoms with Gasteiger partial charge in [0.25, 0.3) is 5.91 Å². The zero-order valence-electron chi connectivity index (χ0n) is 14.2. The fourth-order valence-electron chi connectivity index (χ4n) is 2.50. The molecule has 0 aliphatic rings. The third-order valence-corrected chi connectivity index (χ3v) is 4.11. The first-order valence-corrected chi connectivity index (χ1v) is 8.27. The second-order valence-corrected chi connectivity index (χ2v) is 6.08. The van der Waals surface area contributed by atoms with Gasteiger partial charge in [-0.25, -0.2) is 9.67 Å². The monoisotopic (exact) mass is 410 g/mol. The summed E-state index contributed by atoms with van der Waals surface area (Å²) in [4.78, 5) is 16.7. The molecule has 0 radical (unpaired) electrons. The molecule has 0 saturated heterocycles. The van der Waals surface area contributed by atoms with Gasteiger partial charge in [-0.3, -0.25) is 4.79 Å². The molecule has 1 aromatic carbocycles. The van der Waals surface area contributed by atoms with E-state index in [9.17, 15) is 18.0 Å². The van der Waals surface area contributed by atoms with Gasteiger partial charge in [0.15, 0.2) is 11.5 Å². The van der Waals surface area contributed by atoms with E-state index in [-0.39, 0.29) is 28.8 Å². The topological polar surface area (TPSA) is 112 Å². The third-order valence-electron chi connectivity index (χ3n) is 3.81. The number of aromatic nitrogens is 3. The average molecular weight is 411 g/mol. The molecule has 3 aromatic rings. The van der Waals surface area contributed by atoms with Crippen LogP contribution in [0.4, 0.5) is 24.5 Å². The molecule has 146 valence electrons. The molecular formula is C17H14ClF3N6O. The highest BCUT2D eigenvalue weighted by atomic mass is 35.5. The first-order chi connectivity index (χ1) is 13.2. The molecule has 0 aliphatic heterocycles. The maximum atomic E-state index is 13.2. The molecule has 2 aromatic heterocycles. The van der Waals surface area contributed by atoms with E-state index in [0.717, 1.165) is 4.68 Å². The quantitative estimate of drug-likeness (QED) is 0.572. The number of nitrogens with two attached hydrogens (primary N) is 2. The van der Waals surface area contributed by atoms with Crippen LogP contribution in [-0.4, -0.2) is 20.7 Å². The number of alkyl halides is 3. The summed E-state index contributed by atoms with van der Waals surface area (Å²) in [6.07, 6.45) is -3.45. The lowest BCUT2D eigenvalue weighted by molar-refractivity contribution is -0.141. The lowest BCUT2D eigenvalue weighted by Gasteiger charge is -2.13. The van der Waals surface area contributed by atoms with Crippen LogP contribution in [0.5, 0.6) is 0 Å². The lowest BCUT2D eigenvalue weighted by Crippen LogP contribution is -2.20. The van der Waals surface area contributed by atoms with Gasteiger partial charge >= 0.3 is 6.18 Å². The van der Waals surface area contributed by atoms with Gasteiger partial charge < -0.3 is 16.8 Å². The number of nitrogens with zero attached hydrogens (tertiary/aromatic N) is 3. The summed E-state index contributed by atoms with van der Waals surface area (Å²) in [6.45, 7) is 0.0692. The molecule has 0 bridgehead atoms. The van der Waals surface area contributed by atoms with Crippen LogP contribution in [0.3, 0.4) is 0 Å². The summed E-state index contributed by atoms with van der Waals surface area (Å²) < 4.78 is 40.3. The van der Waals surface area contributed by atoms with Crippen molar-refractivity contribution in [2.24, 2.45) is 5.73 Å². The number of nitrogens with one attached hydrogen (secondary N) is 1. The van der Waals surface area contributed by atoms with Crippen molar-refractivity contribution >= 4 is 28.9 Å². The molecule has 0 atom stereocenters. The highest BCUT2D eigenvalue weighted by Crippen LogP contribution is 2.31. The molecule has 0 unspecified atom stereocenters. The Kier molecular flexibility index (Phi) is 5.25. The minimum absolute atomic E-state index is 0.0234. The summed E-state index contributed by atoms with van der Waals surface area (Å²) in [6, 6.07) is 8.34. The lowest BCUT2D eigenvalue weighted by atomic mass is 10.1. The van der Waals surface area contributed by atoms with Gasteiger partial charge in [0, 0.05) is 18.8 Å². The van der Waals surface area contributed by atoms with Crippen molar-refractivity contribution in [3.63, 3.8) is 0 Å². The molecule has 28 heavy (non-hydrogen) atoms. The Morgan fingerprint density at radius 2 is 2.00 bits per heavy atom. The van der Waals surface area contributed by atoms with Crippen LogP contribution < -0.4 is 16.8 Å². The number of halogens is 4. The summed E-state index contributed by atoms with van der Waals surface area (Å²) in [7, 11) is 0. The van der Waals surface area contributed by atoms with Crippen LogP contribution in [0.2, 0.25) is 5.02 Å². The van der Waals surface area contributed by atoms with E-state index < -0.39 is 23.5 Å². The van der Waals surface area contributed by atoms with Crippen molar-refractivity contribution in [2.45, 2.75) is 12.7 Å². The molecule has 7 nitrogen and oxygen atoms in total. The van der Waals surface area contributed by atoms with Crippen molar-refractivity contribution in [2.75, 3.05) is 11.1 Å². The Morgan fingerprint density at radius 1 is 1.25 bits per heavy atom. The fourth-order valence-corrected chi connectivity index (χ4v) is 2.70. The van der Waals surface area contributed by atoms with Crippen molar-refractivity contribution < 1.29 is 18.0 Å². The van der Waals surface area contributed by atoms with Gasteiger partial charge in [0.05, 0.1) is 16.4 Å². The van der Waals surface area contributed by atoms with Crippen LogP contribution in [0.25, 0.3) is 5.82 Å². The number of carbonyl (C=O) groups excluding carboxylic acids is 1. The first-order valence-electron chi connectivity index (χ1n) is 7.89. The molecule has 3 rings (SSSR count). The number of rotatable bonds is 4. The van der Waals surface area contributed by atoms with E-state index in [1.165, 1.54) is 24.4 Å². The van der Waals surface area contributed by atoms with Crippen LogP contribution in [0.15, 0.2) is 42.6 Å². The molecular weight excluding hydrogens is 397 g/mol. The van der Waals surface area contributed by atoms with Crippen LogP contribution in [0, 0.1) is 0 Å². The molecule has 11 heteroatoms. The van der Waals surface area contributed by atoms with Crippen LogP contribution >= 0.6 is 11.6 Å². The van der Waals surface area contributed by atoms with E-state index in [1.54, 1.807) is 12.1 Å². The Balaban J connectivity index is 2.10. The number of anilines is 2. The number of nitrogen functional groups attached to an aromatic ring is 1. The Bertz CT molecular complexity index is 1030. The van der Waals surface area contributed by atoms with Gasteiger partial charge in [0.1, 0.15) is 5.69 Å². The molecule has 5 N–H and O–H groups in total. The molecule has 0 saturated carbocycles. The van der Waals surface area contributed by atoms with E-state index >= 15 is 0 Å². The Morgan fingerprint density at radius 3 is 2.64 bits per heavy atom. The fraction of sp³-hybridized carbons (Fsp3) is 0.118. The van der Waals surface area contributed by atoms with Crippen molar-refractivity contribution in [3.05, 3.63) is 64.6 Å². The highest BCUT2D eigenvalue weighted by Gasteiger charge is 2.36. The number of pyridine rings is 1. The Labute approximate surface area is 162 Å². The summed E-state index contributed by atoms with van der Waals surface area (Å²) >= 11 is 6.02. The minimum atomic E-state index is -4.77. The minimum Gasteiger partial charge on any atom is -0.397 e. The van der Waals surface area contributed by atoms with E-state index in [1.807, 2.05) is 0 Å². The molecule has 0 spiro atoms. The Hall–Kier alpha value is -3.11. The molecule has 0 aliphatic carbocycles. The highest BCUT2D eigenvalue weighted by molar-refractivity contribution is 6.32. The number of amides is 1. The standard InChI is InChI=1S/C17H14ClF3N6O/c18-10-4-2-6-24-15(10)27-12(7-13(26-27)17(19,20)21)16(28)25-14-9(8-22)3-1-5-11(14)23/h1-7H,8,22-23H2,(H,25,28). The number of benzene rings is 1. The zero-order valence-corrected chi connectivity index (χ0v) is 14.9. The van der Waals surface area contributed by atoms with Crippen LogP contribution in [-0.2, 0) is 12.7 Å². The van der Waals surface area contributed by atoms with Crippen LogP contribution in [0.1, 0.15) is 21.7 Å². The molecule has 0 fully saturated rings. The smallest absolute Gasteiger partial charge is 0.397 e. The maximum absolute atomic E-state index is 13.2. The summed E-state index contributed by atoms with van der Waals surface area (Å²) in [5, 5.41) is 5.99. The van der Waals surface area contributed by atoms with E-state index in [0.29, 0.717) is 11.6 Å². The second-order valence-electron chi connectivity index (χ2n) is 5.67. The van der Waals surface area contributed by atoms with Crippen molar-refractivity contribution in [3.8, 4) is 5.82 Å². The number of hydrogen-bond acceptors (Lipinski definition) is 5. The van der Waals surface area contributed by atoms with Crippen molar-refractivity contribution in [1.29, 1.82) is 0 Å². The molecule has 1 amide bonds. The van der Waals surface area contributed by atoms with E-state index in [4.69, 9.17) is 23.1 Å². The van der Waals surface area contributed by atoms with Gasteiger partial charge in [-0.05, 0) is 23.8 Å². The van der Waals surface area contributed by atoms with Gasteiger partial charge in [0.2, 0.25) is 0 Å². The maximum Gasteiger partial charge on any atom is 0.435 e. The van der Waals surface area contributed by atoms with Gasteiger partial charge in [-0.15, -0.1) is 0 Å². The number of para-hydroxylation sites is 1. The third kappa shape index (κ3) is 3.78. The zero-order chi connectivity index (χ0) is 20.5. The first kappa shape index (κ1) is 19.6.